The Bertz CT molecular complexity index is 531. The van der Waals surface area contributed by atoms with Crippen molar-refractivity contribution in [3.63, 3.8) is 0 Å². The standard InChI is InChI=1S/C14H16F3NO3/c1-8-6-10(4-5-21-8)18-9-2-3-12(14(15,16)17)11(7-9)13(19)20/h2-3,7-8,10,18H,4-6H2,1H3,(H,19,20). The zero-order chi connectivity index (χ0) is 15.6. The predicted molar refractivity (Wildman–Crippen MR) is 70.5 cm³/mol. The Morgan fingerprint density at radius 1 is 1.43 bits per heavy atom. The Labute approximate surface area is 119 Å². The molecule has 0 bridgehead atoms. The molecule has 0 radical (unpaired) electrons. The molecule has 0 aromatic heterocycles. The van der Waals surface area contributed by atoms with E-state index in [0.29, 0.717) is 12.3 Å². The van der Waals surface area contributed by atoms with Crippen LogP contribution in [0.15, 0.2) is 18.2 Å². The second-order valence-electron chi connectivity index (χ2n) is 5.11. The fraction of sp³-hybridized carbons (Fsp3) is 0.500. The number of rotatable bonds is 3. The number of carbonyl (C=O) groups is 1. The smallest absolute Gasteiger partial charge is 0.417 e. The molecule has 0 spiro atoms. The van der Waals surface area contributed by atoms with E-state index in [1.165, 1.54) is 6.07 Å². The second kappa shape index (κ2) is 5.93. The van der Waals surface area contributed by atoms with Crippen LogP contribution in [-0.2, 0) is 10.9 Å². The number of aromatic carboxylic acids is 1. The highest BCUT2D eigenvalue weighted by molar-refractivity contribution is 5.91. The SMILES string of the molecule is CC1CC(Nc2ccc(C(F)(F)F)c(C(=O)O)c2)CCO1. The third-order valence-corrected chi connectivity index (χ3v) is 3.41. The van der Waals surface area contributed by atoms with Crippen LogP contribution in [0.4, 0.5) is 18.9 Å². The molecule has 2 rings (SSSR count). The molecule has 2 atom stereocenters. The molecule has 1 aliphatic rings. The minimum absolute atomic E-state index is 0.0622. The summed E-state index contributed by atoms with van der Waals surface area (Å²) in [4.78, 5) is 11.0. The van der Waals surface area contributed by atoms with Crippen molar-refractivity contribution in [1.29, 1.82) is 0 Å². The van der Waals surface area contributed by atoms with E-state index in [1.54, 1.807) is 0 Å². The van der Waals surface area contributed by atoms with Crippen LogP contribution in [0.2, 0.25) is 0 Å². The van der Waals surface area contributed by atoms with Crippen LogP contribution in [0, 0.1) is 0 Å². The van der Waals surface area contributed by atoms with Gasteiger partial charge >= 0.3 is 12.1 Å². The van der Waals surface area contributed by atoms with Crippen LogP contribution >= 0.6 is 0 Å². The van der Waals surface area contributed by atoms with Crippen molar-refractivity contribution >= 4 is 11.7 Å². The zero-order valence-corrected chi connectivity index (χ0v) is 11.4. The molecule has 1 fully saturated rings. The van der Waals surface area contributed by atoms with E-state index in [1.807, 2.05) is 6.92 Å². The molecule has 4 nitrogen and oxygen atoms in total. The average Bonchev–Trinajstić information content (AvgIpc) is 2.37. The van der Waals surface area contributed by atoms with Gasteiger partial charge in [0.1, 0.15) is 0 Å². The average molecular weight is 303 g/mol. The Balaban J connectivity index is 2.22. The molecule has 2 unspecified atom stereocenters. The van der Waals surface area contributed by atoms with Crippen molar-refractivity contribution in [2.24, 2.45) is 0 Å². The van der Waals surface area contributed by atoms with Gasteiger partial charge < -0.3 is 15.2 Å². The number of nitrogens with one attached hydrogen (secondary N) is 1. The Kier molecular flexibility index (Phi) is 4.41. The van der Waals surface area contributed by atoms with Crippen LogP contribution < -0.4 is 5.32 Å². The lowest BCUT2D eigenvalue weighted by Gasteiger charge is -2.29. The van der Waals surface area contributed by atoms with Crippen LogP contribution in [0.1, 0.15) is 35.7 Å². The summed E-state index contributed by atoms with van der Waals surface area (Å²) in [5, 5.41) is 12.0. The molecule has 1 heterocycles. The first-order valence-corrected chi connectivity index (χ1v) is 6.60. The number of hydrogen-bond donors (Lipinski definition) is 2. The van der Waals surface area contributed by atoms with Gasteiger partial charge in [0.15, 0.2) is 0 Å². The van der Waals surface area contributed by atoms with Crippen LogP contribution in [0.5, 0.6) is 0 Å². The van der Waals surface area contributed by atoms with Gasteiger partial charge in [-0.2, -0.15) is 13.2 Å². The molecule has 7 heteroatoms. The molecule has 0 amide bonds. The highest BCUT2D eigenvalue weighted by atomic mass is 19.4. The summed E-state index contributed by atoms with van der Waals surface area (Å²) in [5.74, 6) is -1.59. The molecule has 1 aromatic rings. The zero-order valence-electron chi connectivity index (χ0n) is 11.4. The number of ether oxygens (including phenoxy) is 1. The quantitative estimate of drug-likeness (QED) is 0.898. The van der Waals surface area contributed by atoms with Gasteiger partial charge in [-0.15, -0.1) is 0 Å². The third-order valence-electron chi connectivity index (χ3n) is 3.41. The number of halogens is 3. The maximum absolute atomic E-state index is 12.7. The van der Waals surface area contributed by atoms with Crippen LogP contribution in [0.25, 0.3) is 0 Å². The van der Waals surface area contributed by atoms with Gasteiger partial charge in [0, 0.05) is 18.3 Å². The van der Waals surface area contributed by atoms with Gasteiger partial charge in [0.2, 0.25) is 0 Å². The molecule has 0 aliphatic carbocycles. The van der Waals surface area contributed by atoms with E-state index in [9.17, 15) is 18.0 Å². The van der Waals surface area contributed by atoms with Crippen molar-refractivity contribution in [2.45, 2.75) is 38.1 Å². The van der Waals surface area contributed by atoms with Crippen molar-refractivity contribution in [3.8, 4) is 0 Å². The fourth-order valence-electron chi connectivity index (χ4n) is 2.42. The minimum Gasteiger partial charge on any atom is -0.478 e. The summed E-state index contributed by atoms with van der Waals surface area (Å²) in [7, 11) is 0. The Morgan fingerprint density at radius 3 is 2.71 bits per heavy atom. The van der Waals surface area contributed by atoms with Crippen molar-refractivity contribution in [1.82, 2.24) is 0 Å². The van der Waals surface area contributed by atoms with Crippen LogP contribution in [-0.4, -0.2) is 29.8 Å². The van der Waals surface area contributed by atoms with E-state index < -0.39 is 23.3 Å². The predicted octanol–water partition coefficient (Wildman–Crippen LogP) is 3.38. The number of anilines is 1. The monoisotopic (exact) mass is 303 g/mol. The van der Waals surface area contributed by atoms with Gasteiger partial charge in [-0.05, 0) is 38.0 Å². The van der Waals surface area contributed by atoms with E-state index in [4.69, 9.17) is 9.84 Å². The summed E-state index contributed by atoms with van der Waals surface area (Å²) < 4.78 is 43.6. The largest absolute Gasteiger partial charge is 0.478 e. The van der Waals surface area contributed by atoms with E-state index >= 15 is 0 Å². The number of benzene rings is 1. The van der Waals surface area contributed by atoms with Gasteiger partial charge in [0.05, 0.1) is 17.2 Å². The summed E-state index contributed by atoms with van der Waals surface area (Å²) in [6.07, 6.45) is -3.15. The summed E-state index contributed by atoms with van der Waals surface area (Å²) in [5.41, 5.74) is -1.51. The number of carboxylic acids is 1. The van der Waals surface area contributed by atoms with E-state index in [0.717, 1.165) is 25.0 Å². The van der Waals surface area contributed by atoms with Crippen molar-refractivity contribution in [3.05, 3.63) is 29.3 Å². The first kappa shape index (κ1) is 15.6. The topological polar surface area (TPSA) is 58.6 Å². The molecular formula is C14H16F3NO3. The molecule has 0 saturated carbocycles. The number of carboxylic acid groups (broad SMARTS) is 1. The molecule has 1 aliphatic heterocycles. The molecule has 21 heavy (non-hydrogen) atoms. The molecule has 2 N–H and O–H groups in total. The molecule has 1 aromatic carbocycles. The molecule has 116 valence electrons. The summed E-state index contributed by atoms with van der Waals surface area (Å²) in [6.45, 7) is 2.49. The molecular weight excluding hydrogens is 287 g/mol. The first-order valence-electron chi connectivity index (χ1n) is 6.60. The van der Waals surface area contributed by atoms with Gasteiger partial charge in [0.25, 0.3) is 0 Å². The Morgan fingerprint density at radius 2 is 2.14 bits per heavy atom. The maximum Gasteiger partial charge on any atom is 0.417 e. The van der Waals surface area contributed by atoms with Gasteiger partial charge in [-0.25, -0.2) is 4.79 Å². The highest BCUT2D eigenvalue weighted by Crippen LogP contribution is 2.33. The lowest BCUT2D eigenvalue weighted by Crippen LogP contribution is -2.32. The normalized spacial score (nSPS) is 22.9. The first-order chi connectivity index (χ1) is 9.77. The molecule has 1 saturated heterocycles. The lowest BCUT2D eigenvalue weighted by molar-refractivity contribution is -0.138. The Hall–Kier alpha value is -1.76. The maximum atomic E-state index is 12.7. The fourth-order valence-corrected chi connectivity index (χ4v) is 2.42. The lowest BCUT2D eigenvalue weighted by atomic mass is 10.0. The number of hydrogen-bond acceptors (Lipinski definition) is 3. The van der Waals surface area contributed by atoms with E-state index in [-0.39, 0.29) is 12.1 Å². The van der Waals surface area contributed by atoms with Crippen molar-refractivity contribution in [2.75, 3.05) is 11.9 Å². The second-order valence-corrected chi connectivity index (χ2v) is 5.11. The van der Waals surface area contributed by atoms with Crippen LogP contribution in [0.3, 0.4) is 0 Å². The van der Waals surface area contributed by atoms with Crippen molar-refractivity contribution < 1.29 is 27.8 Å². The number of alkyl halides is 3. The van der Waals surface area contributed by atoms with Gasteiger partial charge in [-0.3, -0.25) is 0 Å². The summed E-state index contributed by atoms with van der Waals surface area (Å²) in [6, 6.07) is 3.15. The summed E-state index contributed by atoms with van der Waals surface area (Å²) >= 11 is 0. The minimum atomic E-state index is -4.68. The highest BCUT2D eigenvalue weighted by Gasteiger charge is 2.35. The van der Waals surface area contributed by atoms with Gasteiger partial charge in [-0.1, -0.05) is 0 Å². The van der Waals surface area contributed by atoms with E-state index in [2.05, 4.69) is 5.32 Å². The third kappa shape index (κ3) is 3.87.